The van der Waals surface area contributed by atoms with Crippen molar-refractivity contribution in [3.63, 3.8) is 0 Å². The van der Waals surface area contributed by atoms with Gasteiger partial charge in [0, 0.05) is 13.0 Å². The SMILES string of the molecule is COc1ccc(OC)c(C(=O)NCCCCC(=O)O)c1. The Kier molecular flexibility index (Phi) is 6.36. The molecule has 2 N–H and O–H groups in total. The Balaban J connectivity index is 2.55. The lowest BCUT2D eigenvalue weighted by molar-refractivity contribution is -0.137. The van der Waals surface area contributed by atoms with Gasteiger partial charge in [0.25, 0.3) is 5.91 Å². The van der Waals surface area contributed by atoms with Gasteiger partial charge in [0.15, 0.2) is 0 Å². The van der Waals surface area contributed by atoms with E-state index in [1.54, 1.807) is 18.2 Å². The number of hydrogen-bond donors (Lipinski definition) is 2. The molecule has 0 spiro atoms. The van der Waals surface area contributed by atoms with Gasteiger partial charge in [-0.25, -0.2) is 0 Å². The number of carbonyl (C=O) groups excluding carboxylic acids is 1. The maximum Gasteiger partial charge on any atom is 0.303 e. The minimum absolute atomic E-state index is 0.109. The molecule has 0 fully saturated rings. The number of benzene rings is 1. The summed E-state index contributed by atoms with van der Waals surface area (Å²) in [6.07, 6.45) is 1.26. The van der Waals surface area contributed by atoms with E-state index in [0.29, 0.717) is 36.4 Å². The van der Waals surface area contributed by atoms with Crippen molar-refractivity contribution in [1.82, 2.24) is 5.32 Å². The minimum atomic E-state index is -0.828. The van der Waals surface area contributed by atoms with Crippen LogP contribution in [0.1, 0.15) is 29.6 Å². The average Bonchev–Trinajstić information content (AvgIpc) is 2.45. The summed E-state index contributed by atoms with van der Waals surface area (Å²) in [5.41, 5.74) is 0.394. The quantitative estimate of drug-likeness (QED) is 0.708. The van der Waals surface area contributed by atoms with Gasteiger partial charge in [0.2, 0.25) is 0 Å². The van der Waals surface area contributed by atoms with Crippen LogP contribution >= 0.6 is 0 Å². The predicted octanol–water partition coefficient (Wildman–Crippen LogP) is 1.69. The molecular formula is C14H19NO5. The molecule has 1 aromatic rings. The molecule has 6 nitrogen and oxygen atoms in total. The maximum absolute atomic E-state index is 12.0. The van der Waals surface area contributed by atoms with Crippen LogP contribution in [0.4, 0.5) is 0 Å². The molecule has 0 saturated heterocycles. The van der Waals surface area contributed by atoms with E-state index in [2.05, 4.69) is 5.32 Å². The van der Waals surface area contributed by atoms with Crippen molar-refractivity contribution in [3.8, 4) is 11.5 Å². The first kappa shape index (κ1) is 15.8. The number of ether oxygens (including phenoxy) is 2. The van der Waals surface area contributed by atoms with Crippen molar-refractivity contribution >= 4 is 11.9 Å². The number of methoxy groups -OCH3 is 2. The highest BCUT2D eigenvalue weighted by Gasteiger charge is 2.13. The Hall–Kier alpha value is -2.24. The second kappa shape index (κ2) is 8.04. The zero-order chi connectivity index (χ0) is 15.0. The second-order valence-electron chi connectivity index (χ2n) is 4.17. The van der Waals surface area contributed by atoms with Gasteiger partial charge in [0.1, 0.15) is 11.5 Å². The van der Waals surface area contributed by atoms with E-state index < -0.39 is 5.97 Å². The smallest absolute Gasteiger partial charge is 0.303 e. The first-order valence-corrected chi connectivity index (χ1v) is 6.30. The topological polar surface area (TPSA) is 84.9 Å². The molecule has 0 aliphatic rings. The molecular weight excluding hydrogens is 262 g/mol. The van der Waals surface area contributed by atoms with Crippen LogP contribution in [-0.2, 0) is 4.79 Å². The number of carbonyl (C=O) groups is 2. The van der Waals surface area contributed by atoms with E-state index in [1.165, 1.54) is 14.2 Å². The number of nitrogens with one attached hydrogen (secondary N) is 1. The number of carboxylic acid groups (broad SMARTS) is 1. The fraction of sp³-hybridized carbons (Fsp3) is 0.429. The molecule has 0 aliphatic carbocycles. The third-order valence-electron chi connectivity index (χ3n) is 2.75. The lowest BCUT2D eigenvalue weighted by Gasteiger charge is -2.10. The first-order chi connectivity index (χ1) is 9.58. The summed E-state index contributed by atoms with van der Waals surface area (Å²) < 4.78 is 10.2. The maximum atomic E-state index is 12.0. The molecule has 0 saturated carbocycles. The molecule has 1 amide bonds. The lowest BCUT2D eigenvalue weighted by Crippen LogP contribution is -2.25. The van der Waals surface area contributed by atoms with Gasteiger partial charge in [-0.1, -0.05) is 0 Å². The molecule has 0 bridgehead atoms. The molecule has 6 heteroatoms. The van der Waals surface area contributed by atoms with Crippen LogP contribution in [0.2, 0.25) is 0 Å². The number of rotatable bonds is 8. The van der Waals surface area contributed by atoms with Crippen LogP contribution in [0, 0.1) is 0 Å². The molecule has 0 atom stereocenters. The minimum Gasteiger partial charge on any atom is -0.497 e. The summed E-state index contributed by atoms with van der Waals surface area (Å²) in [5.74, 6) is -0.0578. The van der Waals surface area contributed by atoms with Crippen molar-refractivity contribution in [2.45, 2.75) is 19.3 Å². The fourth-order valence-electron chi connectivity index (χ4n) is 1.69. The first-order valence-electron chi connectivity index (χ1n) is 6.30. The zero-order valence-electron chi connectivity index (χ0n) is 11.6. The van der Waals surface area contributed by atoms with E-state index in [4.69, 9.17) is 14.6 Å². The molecule has 0 unspecified atom stereocenters. The standard InChI is InChI=1S/C14H19NO5/c1-19-10-6-7-12(20-2)11(9-10)14(18)15-8-4-3-5-13(16)17/h6-7,9H,3-5,8H2,1-2H3,(H,15,18)(H,16,17). The third kappa shape index (κ3) is 4.79. The van der Waals surface area contributed by atoms with E-state index in [9.17, 15) is 9.59 Å². The van der Waals surface area contributed by atoms with Crippen molar-refractivity contribution < 1.29 is 24.2 Å². The Morgan fingerprint density at radius 1 is 1.20 bits per heavy atom. The van der Waals surface area contributed by atoms with Crippen LogP contribution in [0.3, 0.4) is 0 Å². The van der Waals surface area contributed by atoms with Gasteiger partial charge in [-0.2, -0.15) is 0 Å². The molecule has 20 heavy (non-hydrogen) atoms. The lowest BCUT2D eigenvalue weighted by atomic mass is 10.1. The fourth-order valence-corrected chi connectivity index (χ4v) is 1.69. The number of hydrogen-bond acceptors (Lipinski definition) is 4. The number of aliphatic carboxylic acids is 1. The number of unbranched alkanes of at least 4 members (excludes halogenated alkanes) is 1. The van der Waals surface area contributed by atoms with Gasteiger partial charge in [0.05, 0.1) is 19.8 Å². The largest absolute Gasteiger partial charge is 0.497 e. The van der Waals surface area contributed by atoms with Crippen molar-refractivity contribution in [2.24, 2.45) is 0 Å². The predicted molar refractivity (Wildman–Crippen MR) is 73.4 cm³/mol. The average molecular weight is 281 g/mol. The van der Waals surface area contributed by atoms with Gasteiger partial charge in [-0.05, 0) is 31.0 Å². The van der Waals surface area contributed by atoms with Crippen LogP contribution in [0.25, 0.3) is 0 Å². The summed E-state index contributed by atoms with van der Waals surface area (Å²) in [6, 6.07) is 4.98. The summed E-state index contributed by atoms with van der Waals surface area (Å²) in [6.45, 7) is 0.423. The molecule has 0 radical (unpaired) electrons. The summed E-state index contributed by atoms with van der Waals surface area (Å²) in [7, 11) is 3.01. The van der Waals surface area contributed by atoms with Crippen LogP contribution in [0.15, 0.2) is 18.2 Å². The highest BCUT2D eigenvalue weighted by atomic mass is 16.5. The van der Waals surface area contributed by atoms with E-state index >= 15 is 0 Å². The molecule has 110 valence electrons. The van der Waals surface area contributed by atoms with E-state index in [0.717, 1.165) is 0 Å². The van der Waals surface area contributed by atoms with Crippen molar-refractivity contribution in [1.29, 1.82) is 0 Å². The molecule has 1 aromatic carbocycles. The highest BCUT2D eigenvalue weighted by Crippen LogP contribution is 2.23. The summed E-state index contributed by atoms with van der Waals surface area (Å²) in [4.78, 5) is 22.4. The van der Waals surface area contributed by atoms with E-state index in [1.807, 2.05) is 0 Å². The summed E-state index contributed by atoms with van der Waals surface area (Å²) in [5, 5.41) is 11.2. The number of carboxylic acids is 1. The van der Waals surface area contributed by atoms with Gasteiger partial charge >= 0.3 is 5.97 Å². The monoisotopic (exact) mass is 281 g/mol. The number of amides is 1. The Bertz CT molecular complexity index is 473. The van der Waals surface area contributed by atoms with Crippen LogP contribution in [-0.4, -0.2) is 37.7 Å². The summed E-state index contributed by atoms with van der Waals surface area (Å²) >= 11 is 0. The van der Waals surface area contributed by atoms with Crippen LogP contribution < -0.4 is 14.8 Å². The van der Waals surface area contributed by atoms with Gasteiger partial charge < -0.3 is 19.9 Å². The Morgan fingerprint density at radius 3 is 2.55 bits per heavy atom. The zero-order valence-corrected chi connectivity index (χ0v) is 11.6. The van der Waals surface area contributed by atoms with Gasteiger partial charge in [-0.15, -0.1) is 0 Å². The normalized spacial score (nSPS) is 9.90. The van der Waals surface area contributed by atoms with Crippen molar-refractivity contribution in [2.75, 3.05) is 20.8 Å². The molecule has 0 aromatic heterocycles. The highest BCUT2D eigenvalue weighted by molar-refractivity contribution is 5.97. The molecule has 1 rings (SSSR count). The van der Waals surface area contributed by atoms with E-state index in [-0.39, 0.29) is 12.3 Å². The molecule has 0 aliphatic heterocycles. The Morgan fingerprint density at radius 2 is 1.95 bits per heavy atom. The Labute approximate surface area is 117 Å². The van der Waals surface area contributed by atoms with Crippen LogP contribution in [0.5, 0.6) is 11.5 Å². The van der Waals surface area contributed by atoms with Gasteiger partial charge in [-0.3, -0.25) is 9.59 Å². The second-order valence-corrected chi connectivity index (χ2v) is 4.17. The third-order valence-corrected chi connectivity index (χ3v) is 2.75. The van der Waals surface area contributed by atoms with Crippen molar-refractivity contribution in [3.05, 3.63) is 23.8 Å². The molecule has 0 heterocycles.